The van der Waals surface area contributed by atoms with E-state index in [1.807, 2.05) is 11.3 Å². The highest BCUT2D eigenvalue weighted by Crippen LogP contribution is 2.28. The zero-order valence-electron chi connectivity index (χ0n) is 11.8. The summed E-state index contributed by atoms with van der Waals surface area (Å²) in [6.45, 7) is 5.06. The second-order valence-corrected chi connectivity index (χ2v) is 6.59. The Labute approximate surface area is 124 Å². The molecule has 1 saturated heterocycles. The first-order chi connectivity index (χ1) is 9.83. The van der Waals surface area contributed by atoms with Crippen molar-refractivity contribution in [3.05, 3.63) is 47.3 Å². The minimum atomic E-state index is 0.528. The quantitative estimate of drug-likeness (QED) is 0.899. The summed E-state index contributed by atoms with van der Waals surface area (Å²) in [5.41, 5.74) is 1.31. The first kappa shape index (κ1) is 13.8. The van der Waals surface area contributed by atoms with Gasteiger partial charge in [0, 0.05) is 28.9 Å². The molecule has 0 saturated carbocycles. The SMILES string of the molecule is CC(NCc1ccc(-c2ccccc2)s1)C1CCOC1. The monoisotopic (exact) mass is 287 g/mol. The molecule has 1 fully saturated rings. The number of thiophene rings is 1. The number of ether oxygens (including phenoxy) is 1. The van der Waals surface area contributed by atoms with Crippen molar-refractivity contribution in [2.24, 2.45) is 5.92 Å². The summed E-state index contributed by atoms with van der Waals surface area (Å²) >= 11 is 1.88. The molecular formula is C17H21NOS. The van der Waals surface area contributed by atoms with E-state index in [0.717, 1.165) is 19.8 Å². The second kappa shape index (κ2) is 6.53. The Hall–Kier alpha value is -1.16. The Kier molecular flexibility index (Phi) is 4.51. The van der Waals surface area contributed by atoms with E-state index < -0.39 is 0 Å². The zero-order valence-corrected chi connectivity index (χ0v) is 12.7. The summed E-state index contributed by atoms with van der Waals surface area (Å²) in [6, 6.07) is 15.6. The molecule has 1 aliphatic rings. The van der Waals surface area contributed by atoms with Crippen LogP contribution in [0.5, 0.6) is 0 Å². The highest BCUT2D eigenvalue weighted by atomic mass is 32.1. The van der Waals surface area contributed by atoms with E-state index >= 15 is 0 Å². The number of hydrogen-bond acceptors (Lipinski definition) is 3. The third-order valence-corrected chi connectivity index (χ3v) is 5.12. The van der Waals surface area contributed by atoms with Gasteiger partial charge in [-0.3, -0.25) is 0 Å². The average Bonchev–Trinajstić information content (AvgIpc) is 3.17. The van der Waals surface area contributed by atoms with Gasteiger partial charge in [0.1, 0.15) is 0 Å². The molecule has 1 aliphatic heterocycles. The van der Waals surface area contributed by atoms with Crippen molar-refractivity contribution < 1.29 is 4.74 Å². The summed E-state index contributed by atoms with van der Waals surface area (Å²) < 4.78 is 5.45. The molecule has 0 aliphatic carbocycles. The van der Waals surface area contributed by atoms with Crippen LogP contribution in [-0.2, 0) is 11.3 Å². The molecule has 2 atom stereocenters. The van der Waals surface area contributed by atoms with Crippen LogP contribution in [0.4, 0.5) is 0 Å². The maximum absolute atomic E-state index is 5.45. The highest BCUT2D eigenvalue weighted by Gasteiger charge is 2.21. The molecule has 3 rings (SSSR count). The van der Waals surface area contributed by atoms with Gasteiger partial charge >= 0.3 is 0 Å². The van der Waals surface area contributed by atoms with Gasteiger partial charge in [0.25, 0.3) is 0 Å². The Morgan fingerprint density at radius 3 is 2.85 bits per heavy atom. The highest BCUT2D eigenvalue weighted by molar-refractivity contribution is 7.15. The van der Waals surface area contributed by atoms with Crippen molar-refractivity contribution in [3.63, 3.8) is 0 Å². The first-order valence-electron chi connectivity index (χ1n) is 7.28. The average molecular weight is 287 g/mol. The smallest absolute Gasteiger partial charge is 0.0509 e. The normalized spacial score (nSPS) is 20.1. The lowest BCUT2D eigenvalue weighted by molar-refractivity contribution is 0.178. The molecule has 20 heavy (non-hydrogen) atoms. The molecular weight excluding hydrogens is 266 g/mol. The Morgan fingerprint density at radius 1 is 1.25 bits per heavy atom. The molecule has 1 aromatic carbocycles. The molecule has 2 nitrogen and oxygen atoms in total. The second-order valence-electron chi connectivity index (χ2n) is 5.43. The van der Waals surface area contributed by atoms with Crippen LogP contribution in [0.2, 0.25) is 0 Å². The van der Waals surface area contributed by atoms with Crippen LogP contribution in [0.25, 0.3) is 10.4 Å². The van der Waals surface area contributed by atoms with Gasteiger partial charge in [-0.1, -0.05) is 30.3 Å². The van der Waals surface area contributed by atoms with Crippen molar-refractivity contribution >= 4 is 11.3 Å². The molecule has 1 N–H and O–H groups in total. The molecule has 0 radical (unpaired) electrons. The predicted octanol–water partition coefficient (Wildman–Crippen LogP) is 3.93. The minimum Gasteiger partial charge on any atom is -0.381 e. The number of hydrogen-bond donors (Lipinski definition) is 1. The topological polar surface area (TPSA) is 21.3 Å². The van der Waals surface area contributed by atoms with E-state index in [0.29, 0.717) is 12.0 Å². The fraction of sp³-hybridized carbons (Fsp3) is 0.412. The molecule has 2 aromatic rings. The number of benzene rings is 1. The lowest BCUT2D eigenvalue weighted by atomic mass is 10.0. The van der Waals surface area contributed by atoms with Crippen LogP contribution in [0.3, 0.4) is 0 Å². The number of rotatable bonds is 5. The fourth-order valence-electron chi connectivity index (χ4n) is 2.61. The van der Waals surface area contributed by atoms with Gasteiger partial charge in [0.2, 0.25) is 0 Å². The van der Waals surface area contributed by atoms with Crippen molar-refractivity contribution in [2.75, 3.05) is 13.2 Å². The van der Waals surface area contributed by atoms with Gasteiger partial charge in [0.05, 0.1) is 6.61 Å². The number of nitrogens with one attached hydrogen (secondary N) is 1. The van der Waals surface area contributed by atoms with Crippen molar-refractivity contribution in [1.82, 2.24) is 5.32 Å². The molecule has 2 heterocycles. The van der Waals surface area contributed by atoms with Crippen LogP contribution < -0.4 is 5.32 Å². The van der Waals surface area contributed by atoms with E-state index in [-0.39, 0.29) is 0 Å². The Balaban J connectivity index is 1.57. The van der Waals surface area contributed by atoms with Crippen LogP contribution in [0, 0.1) is 5.92 Å². The van der Waals surface area contributed by atoms with Gasteiger partial charge in [-0.15, -0.1) is 11.3 Å². The van der Waals surface area contributed by atoms with Gasteiger partial charge < -0.3 is 10.1 Å². The van der Waals surface area contributed by atoms with Gasteiger partial charge in [-0.2, -0.15) is 0 Å². The minimum absolute atomic E-state index is 0.528. The van der Waals surface area contributed by atoms with Crippen LogP contribution >= 0.6 is 11.3 Å². The lowest BCUT2D eigenvalue weighted by Gasteiger charge is -2.18. The fourth-order valence-corrected chi connectivity index (χ4v) is 3.57. The van der Waals surface area contributed by atoms with Gasteiger partial charge in [-0.25, -0.2) is 0 Å². The van der Waals surface area contributed by atoms with Crippen LogP contribution in [-0.4, -0.2) is 19.3 Å². The Morgan fingerprint density at radius 2 is 2.10 bits per heavy atom. The summed E-state index contributed by atoms with van der Waals surface area (Å²) in [5.74, 6) is 0.670. The van der Waals surface area contributed by atoms with Crippen LogP contribution in [0.15, 0.2) is 42.5 Å². The largest absolute Gasteiger partial charge is 0.381 e. The summed E-state index contributed by atoms with van der Waals surface area (Å²) in [6.07, 6.45) is 1.19. The summed E-state index contributed by atoms with van der Waals surface area (Å²) in [5, 5.41) is 3.64. The van der Waals surface area contributed by atoms with Crippen LogP contribution in [0.1, 0.15) is 18.2 Å². The zero-order chi connectivity index (χ0) is 13.8. The summed E-state index contributed by atoms with van der Waals surface area (Å²) in [7, 11) is 0. The molecule has 0 bridgehead atoms. The van der Waals surface area contributed by atoms with E-state index in [2.05, 4.69) is 54.7 Å². The third-order valence-electron chi connectivity index (χ3n) is 3.99. The van der Waals surface area contributed by atoms with Gasteiger partial charge in [0.15, 0.2) is 0 Å². The van der Waals surface area contributed by atoms with E-state index in [4.69, 9.17) is 4.74 Å². The van der Waals surface area contributed by atoms with E-state index in [9.17, 15) is 0 Å². The molecule has 0 amide bonds. The molecule has 1 aromatic heterocycles. The van der Waals surface area contributed by atoms with Crippen molar-refractivity contribution in [1.29, 1.82) is 0 Å². The maximum atomic E-state index is 5.45. The van der Waals surface area contributed by atoms with Crippen molar-refractivity contribution in [2.45, 2.75) is 25.9 Å². The third kappa shape index (κ3) is 3.29. The molecule has 2 unspecified atom stereocenters. The lowest BCUT2D eigenvalue weighted by Crippen LogP contribution is -2.33. The van der Waals surface area contributed by atoms with Crippen molar-refractivity contribution in [3.8, 4) is 10.4 Å². The molecule has 106 valence electrons. The van der Waals surface area contributed by atoms with E-state index in [1.165, 1.54) is 21.7 Å². The predicted molar refractivity (Wildman–Crippen MR) is 85.0 cm³/mol. The standard InChI is InChI=1S/C17H21NOS/c1-13(15-9-10-19-12-15)18-11-16-7-8-17(20-16)14-5-3-2-4-6-14/h2-8,13,15,18H,9-12H2,1H3. The van der Waals surface area contributed by atoms with Gasteiger partial charge in [-0.05, 0) is 37.0 Å². The molecule has 3 heteroatoms. The molecule has 0 spiro atoms. The Bertz CT molecular complexity index is 531. The summed E-state index contributed by atoms with van der Waals surface area (Å²) in [4.78, 5) is 2.74. The van der Waals surface area contributed by atoms with E-state index in [1.54, 1.807) is 0 Å². The maximum Gasteiger partial charge on any atom is 0.0509 e. The first-order valence-corrected chi connectivity index (χ1v) is 8.10.